The molecule has 118 valence electrons. The highest BCUT2D eigenvalue weighted by Crippen LogP contribution is 2.20. The summed E-state index contributed by atoms with van der Waals surface area (Å²) in [5, 5.41) is 2.85. The molecule has 0 unspecified atom stereocenters. The van der Waals surface area contributed by atoms with Crippen LogP contribution in [0.15, 0.2) is 53.0 Å². The van der Waals surface area contributed by atoms with E-state index in [0.717, 1.165) is 30.4 Å². The molecule has 0 atom stereocenters. The van der Waals surface area contributed by atoms with Crippen LogP contribution in [0.5, 0.6) is 0 Å². The summed E-state index contributed by atoms with van der Waals surface area (Å²) in [4.78, 5) is 26.6. The Labute approximate surface area is 143 Å². The van der Waals surface area contributed by atoms with Gasteiger partial charge < -0.3 is 10.2 Å². The Morgan fingerprint density at radius 1 is 1.00 bits per heavy atom. The SMILES string of the molecule is O=C(Nc1cccc(C(=O)N2CCCC2)c1)c1ccccc1Br. The van der Waals surface area contributed by atoms with Gasteiger partial charge in [0.05, 0.1) is 5.56 Å². The first kappa shape index (κ1) is 15.7. The van der Waals surface area contributed by atoms with Crippen molar-refractivity contribution in [2.75, 3.05) is 18.4 Å². The summed E-state index contributed by atoms with van der Waals surface area (Å²) in [7, 11) is 0. The zero-order chi connectivity index (χ0) is 16.2. The van der Waals surface area contributed by atoms with Gasteiger partial charge >= 0.3 is 0 Å². The van der Waals surface area contributed by atoms with Crippen LogP contribution in [-0.4, -0.2) is 29.8 Å². The molecule has 1 N–H and O–H groups in total. The summed E-state index contributed by atoms with van der Waals surface area (Å²) in [6.07, 6.45) is 2.12. The number of anilines is 1. The number of rotatable bonds is 3. The predicted molar refractivity (Wildman–Crippen MR) is 93.7 cm³/mol. The molecule has 0 aliphatic carbocycles. The predicted octanol–water partition coefficient (Wildman–Crippen LogP) is 3.94. The molecular weight excluding hydrogens is 356 g/mol. The van der Waals surface area contributed by atoms with E-state index in [1.807, 2.05) is 23.1 Å². The fourth-order valence-corrected chi connectivity index (χ4v) is 3.14. The highest BCUT2D eigenvalue weighted by Gasteiger charge is 2.19. The summed E-state index contributed by atoms with van der Waals surface area (Å²) in [6.45, 7) is 1.62. The van der Waals surface area contributed by atoms with Crippen molar-refractivity contribution in [3.05, 3.63) is 64.1 Å². The number of hydrogen-bond donors (Lipinski definition) is 1. The van der Waals surface area contributed by atoms with Gasteiger partial charge in [0.1, 0.15) is 0 Å². The third-order valence-corrected chi connectivity index (χ3v) is 4.57. The quantitative estimate of drug-likeness (QED) is 0.886. The normalized spacial score (nSPS) is 13.9. The van der Waals surface area contributed by atoms with E-state index >= 15 is 0 Å². The topological polar surface area (TPSA) is 49.4 Å². The Balaban J connectivity index is 1.76. The van der Waals surface area contributed by atoms with Crippen molar-refractivity contribution >= 4 is 33.4 Å². The number of nitrogens with zero attached hydrogens (tertiary/aromatic N) is 1. The standard InChI is InChI=1S/C18H17BrN2O2/c19-16-9-2-1-8-15(16)17(22)20-14-7-5-6-13(12-14)18(23)21-10-3-4-11-21/h1-2,5-9,12H,3-4,10-11H2,(H,20,22). The third-order valence-electron chi connectivity index (χ3n) is 3.88. The van der Waals surface area contributed by atoms with Gasteiger partial charge in [0.2, 0.25) is 0 Å². The van der Waals surface area contributed by atoms with Crippen LogP contribution in [0.25, 0.3) is 0 Å². The highest BCUT2D eigenvalue weighted by atomic mass is 79.9. The number of benzene rings is 2. The molecule has 1 aliphatic rings. The first-order valence-corrected chi connectivity index (χ1v) is 8.40. The molecule has 1 saturated heterocycles. The lowest BCUT2D eigenvalue weighted by molar-refractivity contribution is 0.0792. The highest BCUT2D eigenvalue weighted by molar-refractivity contribution is 9.10. The first-order chi connectivity index (χ1) is 11.1. The van der Waals surface area contributed by atoms with Crippen LogP contribution >= 0.6 is 15.9 Å². The molecule has 1 fully saturated rings. The number of halogens is 1. The molecule has 0 aromatic heterocycles. The lowest BCUT2D eigenvalue weighted by Crippen LogP contribution is -2.27. The molecular formula is C18H17BrN2O2. The molecule has 1 aliphatic heterocycles. The summed E-state index contributed by atoms with van der Waals surface area (Å²) in [5.74, 6) is -0.178. The van der Waals surface area contributed by atoms with Crippen LogP contribution < -0.4 is 5.32 Å². The van der Waals surface area contributed by atoms with E-state index in [9.17, 15) is 9.59 Å². The Hall–Kier alpha value is -2.14. The van der Waals surface area contributed by atoms with E-state index in [1.165, 1.54) is 0 Å². The van der Waals surface area contributed by atoms with E-state index in [4.69, 9.17) is 0 Å². The summed E-state index contributed by atoms with van der Waals surface area (Å²) >= 11 is 3.37. The van der Waals surface area contributed by atoms with Gasteiger partial charge in [-0.3, -0.25) is 9.59 Å². The van der Waals surface area contributed by atoms with E-state index in [1.54, 1.807) is 30.3 Å². The van der Waals surface area contributed by atoms with Crippen LogP contribution in [-0.2, 0) is 0 Å². The second kappa shape index (κ2) is 6.96. The molecule has 0 bridgehead atoms. The maximum atomic E-state index is 12.4. The van der Waals surface area contributed by atoms with Gasteiger partial charge in [-0.05, 0) is 59.1 Å². The largest absolute Gasteiger partial charge is 0.339 e. The van der Waals surface area contributed by atoms with Gasteiger partial charge in [0, 0.05) is 28.8 Å². The molecule has 0 radical (unpaired) electrons. The van der Waals surface area contributed by atoms with Crippen molar-refractivity contribution in [1.82, 2.24) is 4.90 Å². The van der Waals surface area contributed by atoms with Gasteiger partial charge in [-0.1, -0.05) is 18.2 Å². The Morgan fingerprint density at radius 2 is 1.74 bits per heavy atom. The van der Waals surface area contributed by atoms with Gasteiger partial charge in [-0.15, -0.1) is 0 Å². The molecule has 2 amide bonds. The van der Waals surface area contributed by atoms with E-state index in [0.29, 0.717) is 16.8 Å². The summed E-state index contributed by atoms with van der Waals surface area (Å²) in [6, 6.07) is 14.3. The van der Waals surface area contributed by atoms with Crippen molar-refractivity contribution in [3.8, 4) is 0 Å². The van der Waals surface area contributed by atoms with Crippen LogP contribution in [0.3, 0.4) is 0 Å². The van der Waals surface area contributed by atoms with Crippen LogP contribution in [0.1, 0.15) is 33.6 Å². The van der Waals surface area contributed by atoms with E-state index < -0.39 is 0 Å². The van der Waals surface area contributed by atoms with Crippen molar-refractivity contribution in [2.45, 2.75) is 12.8 Å². The summed E-state index contributed by atoms with van der Waals surface area (Å²) in [5.41, 5.74) is 1.79. The van der Waals surface area contributed by atoms with E-state index in [-0.39, 0.29) is 11.8 Å². The van der Waals surface area contributed by atoms with Crippen molar-refractivity contribution < 1.29 is 9.59 Å². The average molecular weight is 373 g/mol. The monoisotopic (exact) mass is 372 g/mol. The molecule has 1 heterocycles. The number of carbonyl (C=O) groups excluding carboxylic acids is 2. The molecule has 3 rings (SSSR count). The van der Waals surface area contributed by atoms with Crippen LogP contribution in [0.4, 0.5) is 5.69 Å². The molecule has 0 saturated carbocycles. The Kier molecular flexibility index (Phi) is 4.76. The number of carbonyl (C=O) groups is 2. The minimum Gasteiger partial charge on any atom is -0.339 e. The van der Waals surface area contributed by atoms with Crippen molar-refractivity contribution in [2.24, 2.45) is 0 Å². The maximum Gasteiger partial charge on any atom is 0.256 e. The molecule has 2 aromatic carbocycles. The Bertz CT molecular complexity index is 739. The Morgan fingerprint density at radius 3 is 2.48 bits per heavy atom. The minimum absolute atomic E-state index is 0.0273. The third kappa shape index (κ3) is 3.62. The molecule has 2 aromatic rings. The number of nitrogens with one attached hydrogen (secondary N) is 1. The first-order valence-electron chi connectivity index (χ1n) is 7.60. The van der Waals surface area contributed by atoms with Gasteiger partial charge in [-0.25, -0.2) is 0 Å². The minimum atomic E-state index is -0.205. The van der Waals surface area contributed by atoms with E-state index in [2.05, 4.69) is 21.2 Å². The zero-order valence-corrected chi connectivity index (χ0v) is 14.2. The fraction of sp³-hybridized carbons (Fsp3) is 0.222. The average Bonchev–Trinajstić information content (AvgIpc) is 3.09. The second-order valence-electron chi connectivity index (χ2n) is 5.51. The lowest BCUT2D eigenvalue weighted by Gasteiger charge is -2.16. The van der Waals surface area contributed by atoms with Gasteiger partial charge in [0.15, 0.2) is 0 Å². The van der Waals surface area contributed by atoms with Crippen molar-refractivity contribution in [3.63, 3.8) is 0 Å². The van der Waals surface area contributed by atoms with Gasteiger partial charge in [-0.2, -0.15) is 0 Å². The van der Waals surface area contributed by atoms with Crippen LogP contribution in [0.2, 0.25) is 0 Å². The van der Waals surface area contributed by atoms with Gasteiger partial charge in [0.25, 0.3) is 11.8 Å². The van der Waals surface area contributed by atoms with Crippen molar-refractivity contribution in [1.29, 1.82) is 0 Å². The molecule has 0 spiro atoms. The number of hydrogen-bond acceptors (Lipinski definition) is 2. The maximum absolute atomic E-state index is 12.4. The van der Waals surface area contributed by atoms with Crippen LogP contribution in [0, 0.1) is 0 Å². The zero-order valence-electron chi connectivity index (χ0n) is 12.6. The number of amides is 2. The smallest absolute Gasteiger partial charge is 0.256 e. The second-order valence-corrected chi connectivity index (χ2v) is 6.37. The molecule has 23 heavy (non-hydrogen) atoms. The lowest BCUT2D eigenvalue weighted by atomic mass is 10.1. The number of likely N-dealkylation sites (tertiary alicyclic amines) is 1. The fourth-order valence-electron chi connectivity index (χ4n) is 2.68. The molecule has 5 heteroatoms. The molecule has 4 nitrogen and oxygen atoms in total. The summed E-state index contributed by atoms with van der Waals surface area (Å²) < 4.78 is 0.738.